The smallest absolute Gasteiger partial charge is 0.137 e. The Bertz CT molecular complexity index is 3890. The highest BCUT2D eigenvalue weighted by Crippen LogP contribution is 2.51. The summed E-state index contributed by atoms with van der Waals surface area (Å²) < 4.78 is 70.1. The standard InChI is InChI=1S/C62H52N4O2/c1-40(2)31-41-32-52(42-15-7-6-8-16-42)61-53(33-41)43-25-27-46(28-26-43)67-47-19-13-17-44(34-47)54-38-63-60(37-55(54)62(3,4)5)66-56-22-10-9-21-50(56)51-30-29-49(36-59(51)66)68-48-20-14-18-45(35-48)64-39-65(61)58-24-12-11-23-57(58)64/h6-30,32-38,40H,31,39H2,1-5H3/i9D,10D,21D,22D,31D2. The quantitative estimate of drug-likeness (QED) is 0.177. The first kappa shape index (κ1) is 35.1. The van der Waals surface area contributed by atoms with Crippen molar-refractivity contribution in [2.75, 3.05) is 16.5 Å². The minimum Gasteiger partial charge on any atom is -0.457 e. The zero-order valence-corrected chi connectivity index (χ0v) is 38.6. The Morgan fingerprint density at radius 3 is 2.00 bits per heavy atom. The van der Waals surface area contributed by atoms with Gasteiger partial charge in [-0.1, -0.05) is 126 Å². The van der Waals surface area contributed by atoms with Gasteiger partial charge in [0.25, 0.3) is 0 Å². The molecule has 6 heteroatoms. The molecule has 0 saturated heterocycles. The van der Waals surface area contributed by atoms with E-state index in [4.69, 9.17) is 18.6 Å². The molecule has 0 amide bonds. The van der Waals surface area contributed by atoms with Gasteiger partial charge in [0.05, 0.1) is 33.6 Å². The molecular formula is C62H52N4O2. The highest BCUT2D eigenvalue weighted by Gasteiger charge is 2.32. The molecule has 68 heavy (non-hydrogen) atoms. The molecule has 10 aromatic rings. The molecule has 0 aliphatic carbocycles. The van der Waals surface area contributed by atoms with Crippen LogP contribution in [0.5, 0.6) is 23.0 Å². The van der Waals surface area contributed by atoms with Gasteiger partial charge in [0, 0.05) is 54.2 Å². The lowest BCUT2D eigenvalue weighted by molar-refractivity contribution is 0.483. The van der Waals surface area contributed by atoms with Gasteiger partial charge in [-0.25, -0.2) is 4.98 Å². The van der Waals surface area contributed by atoms with Crippen LogP contribution in [0.4, 0.5) is 22.7 Å². The number of hydrogen-bond donors (Lipinski definition) is 0. The molecular weight excluding hydrogens is 833 g/mol. The molecule has 0 N–H and O–H groups in total. The Morgan fingerprint density at radius 2 is 1.24 bits per heavy atom. The molecule has 0 saturated carbocycles. The van der Waals surface area contributed by atoms with Gasteiger partial charge in [-0.2, -0.15) is 0 Å². The molecule has 8 aromatic carbocycles. The van der Waals surface area contributed by atoms with Gasteiger partial charge in [0.15, 0.2) is 0 Å². The first-order valence-electron chi connectivity index (χ1n) is 26.2. The zero-order chi connectivity index (χ0) is 51.4. The van der Waals surface area contributed by atoms with Crippen molar-refractivity contribution in [3.63, 3.8) is 0 Å². The maximum atomic E-state index is 9.45. The number of pyridine rings is 1. The van der Waals surface area contributed by atoms with E-state index < -0.39 is 11.8 Å². The number of aromatic nitrogens is 2. The van der Waals surface area contributed by atoms with Gasteiger partial charge in [0.2, 0.25) is 0 Å². The van der Waals surface area contributed by atoms with Crippen molar-refractivity contribution in [2.24, 2.45) is 5.92 Å². The van der Waals surface area contributed by atoms with Crippen LogP contribution in [0.2, 0.25) is 0 Å². The molecule has 0 radical (unpaired) electrons. The lowest BCUT2D eigenvalue weighted by Crippen LogP contribution is -2.25. The molecule has 6 heterocycles. The van der Waals surface area contributed by atoms with Gasteiger partial charge >= 0.3 is 0 Å². The van der Waals surface area contributed by atoms with Crippen molar-refractivity contribution in [2.45, 2.75) is 46.4 Å². The van der Waals surface area contributed by atoms with Crippen LogP contribution in [0.15, 0.2) is 194 Å². The molecule has 0 spiro atoms. The van der Waals surface area contributed by atoms with Crippen LogP contribution in [-0.4, -0.2) is 16.2 Å². The Kier molecular flexibility index (Phi) is 8.45. The summed E-state index contributed by atoms with van der Waals surface area (Å²) in [5, 5.41) is 1.04. The van der Waals surface area contributed by atoms with E-state index in [0.717, 1.165) is 61.7 Å². The zero-order valence-electron chi connectivity index (χ0n) is 44.6. The lowest BCUT2D eigenvalue weighted by atomic mass is 9.82. The van der Waals surface area contributed by atoms with Crippen molar-refractivity contribution >= 4 is 44.6 Å². The van der Waals surface area contributed by atoms with E-state index in [-0.39, 0.29) is 30.1 Å². The minimum atomic E-state index is -1.64. The van der Waals surface area contributed by atoms with Crippen LogP contribution < -0.4 is 19.3 Å². The molecule has 2 aromatic heterocycles. The maximum absolute atomic E-state index is 9.45. The third-order valence-corrected chi connectivity index (χ3v) is 12.9. The molecule has 0 fully saturated rings. The number of para-hydroxylation sites is 3. The number of fused-ring (bicyclic) bond motifs is 5. The van der Waals surface area contributed by atoms with Crippen LogP contribution >= 0.6 is 0 Å². The van der Waals surface area contributed by atoms with Gasteiger partial charge < -0.3 is 19.3 Å². The average molecular weight is 891 g/mol. The third-order valence-electron chi connectivity index (χ3n) is 12.9. The Hall–Kier alpha value is -8.09. The lowest BCUT2D eigenvalue weighted by Gasteiger charge is -2.28. The molecule has 0 atom stereocenters. The first-order chi connectivity index (χ1) is 35.5. The van der Waals surface area contributed by atoms with Crippen molar-refractivity contribution < 1.29 is 17.7 Å². The predicted octanol–water partition coefficient (Wildman–Crippen LogP) is 16.8. The second kappa shape index (κ2) is 16.4. The third kappa shape index (κ3) is 7.33. The fraction of sp³-hybridized carbons (Fsp3) is 0.145. The van der Waals surface area contributed by atoms with E-state index in [1.54, 1.807) is 0 Å². The number of ether oxygens (including phenoxy) is 2. The summed E-state index contributed by atoms with van der Waals surface area (Å²) in [4.78, 5) is 9.68. The Balaban J connectivity index is 1.11. The fourth-order valence-electron chi connectivity index (χ4n) is 9.86. The number of rotatable bonds is 3. The molecule has 332 valence electrons. The molecule has 6 nitrogen and oxygen atoms in total. The predicted molar refractivity (Wildman–Crippen MR) is 281 cm³/mol. The molecule has 14 rings (SSSR count). The average Bonchev–Trinajstić information content (AvgIpc) is 3.97. The van der Waals surface area contributed by atoms with Crippen LogP contribution in [0.25, 0.3) is 61.0 Å². The van der Waals surface area contributed by atoms with Gasteiger partial charge in [-0.3, -0.25) is 4.57 Å². The van der Waals surface area contributed by atoms with Crippen molar-refractivity contribution in [1.29, 1.82) is 0 Å². The highest BCUT2D eigenvalue weighted by molar-refractivity contribution is 6.09. The maximum Gasteiger partial charge on any atom is 0.137 e. The van der Waals surface area contributed by atoms with Crippen molar-refractivity contribution in [3.05, 3.63) is 205 Å². The Labute approximate surface area is 406 Å². The van der Waals surface area contributed by atoms with Gasteiger partial charge in [-0.15, -0.1) is 0 Å². The fourth-order valence-corrected chi connectivity index (χ4v) is 9.86. The Morgan fingerprint density at radius 1 is 0.588 bits per heavy atom. The van der Waals surface area contributed by atoms with E-state index in [2.05, 4.69) is 79.1 Å². The SMILES string of the molecule is [2H]c1c([2H])c([2H])c2c(c1[2H])c1ccc3cc1n2-c1cc(C(C)(C)C)c(cn1)-c1cccc(c1)Oc1ccc(cc1)-c1cc(C([2H])([2H])C(C)C)cc(-c2ccccc2)c1N1CN(c2cccc(c2)O3)c2ccccc21. The summed E-state index contributed by atoms with van der Waals surface area (Å²) >= 11 is 0. The van der Waals surface area contributed by atoms with Crippen molar-refractivity contribution in [1.82, 2.24) is 9.55 Å². The first-order valence-corrected chi connectivity index (χ1v) is 23.2. The van der Waals surface area contributed by atoms with Gasteiger partial charge in [-0.05, 0) is 130 Å². The van der Waals surface area contributed by atoms with E-state index in [9.17, 15) is 4.11 Å². The molecule has 4 aliphatic rings. The monoisotopic (exact) mass is 890 g/mol. The second-order valence-electron chi connectivity index (χ2n) is 18.9. The summed E-state index contributed by atoms with van der Waals surface area (Å²) in [6, 6.07) is 53.3. The molecule has 4 aliphatic heterocycles. The summed E-state index contributed by atoms with van der Waals surface area (Å²) in [7, 11) is 0. The summed E-state index contributed by atoms with van der Waals surface area (Å²) in [6.45, 7) is 10.7. The van der Waals surface area contributed by atoms with E-state index in [1.807, 2.05) is 140 Å². The number of anilines is 4. The normalized spacial score (nSPS) is 14.6. The topological polar surface area (TPSA) is 42.8 Å². The van der Waals surface area contributed by atoms with Crippen LogP contribution in [0, 0.1) is 5.92 Å². The van der Waals surface area contributed by atoms with Crippen LogP contribution in [0.3, 0.4) is 0 Å². The summed E-state index contributed by atoms with van der Waals surface area (Å²) in [6.07, 6.45) is 0.199. The van der Waals surface area contributed by atoms with E-state index in [1.165, 1.54) is 0 Å². The second-order valence-corrected chi connectivity index (χ2v) is 18.9. The summed E-state index contributed by atoms with van der Waals surface area (Å²) in [5.74, 6) is 2.57. The highest BCUT2D eigenvalue weighted by atomic mass is 16.5. The summed E-state index contributed by atoms with van der Waals surface area (Å²) in [5.41, 5.74) is 11.4. The minimum absolute atomic E-state index is 0.125. The molecule has 12 bridgehead atoms. The van der Waals surface area contributed by atoms with E-state index in [0.29, 0.717) is 62.9 Å². The van der Waals surface area contributed by atoms with Gasteiger partial charge in [0.1, 0.15) is 35.5 Å². The van der Waals surface area contributed by atoms with Crippen LogP contribution in [-0.2, 0) is 11.8 Å². The van der Waals surface area contributed by atoms with E-state index >= 15 is 0 Å². The number of hydrogen-bond acceptors (Lipinski definition) is 5. The van der Waals surface area contributed by atoms with Crippen molar-refractivity contribution in [3.8, 4) is 62.2 Å². The molecule has 0 unspecified atom stereocenters. The van der Waals surface area contributed by atoms with Crippen LogP contribution in [0.1, 0.15) is 54.0 Å². The number of benzene rings is 8. The largest absolute Gasteiger partial charge is 0.457 e. The number of nitrogens with zero attached hydrogens (tertiary/aromatic N) is 4.